The lowest BCUT2D eigenvalue weighted by Crippen LogP contribution is -2.25. The van der Waals surface area contributed by atoms with Crippen molar-refractivity contribution >= 4 is 68.2 Å². The van der Waals surface area contributed by atoms with Gasteiger partial charge >= 0.3 is 5.97 Å². The number of hydrogen-bond acceptors (Lipinski definition) is 7. The van der Waals surface area contributed by atoms with Crippen LogP contribution >= 0.6 is 34.2 Å². The standard InChI is InChI=1S/C27H19ClIN3O5/c1-15(27(34)35-2)36-23-9-7-16(11-20(23)29)14-30-32-25(31-21-6-4-3-5-19(21)26(32)33)24-13-17-12-18(28)8-10-22(17)37-24/h3-15H,1-2H3/t15-/m1/s1. The molecule has 0 aliphatic rings. The van der Waals surface area contributed by atoms with Gasteiger partial charge in [0.1, 0.15) is 11.3 Å². The minimum Gasteiger partial charge on any atom is -0.478 e. The number of methoxy groups -OCH3 is 1. The van der Waals surface area contributed by atoms with Gasteiger partial charge in [-0.25, -0.2) is 9.78 Å². The van der Waals surface area contributed by atoms with E-state index in [2.05, 4.69) is 32.7 Å². The van der Waals surface area contributed by atoms with Crippen LogP contribution < -0.4 is 10.3 Å². The molecule has 0 saturated carbocycles. The van der Waals surface area contributed by atoms with Crippen molar-refractivity contribution in [1.29, 1.82) is 0 Å². The van der Waals surface area contributed by atoms with Crippen molar-refractivity contribution in [2.75, 3.05) is 7.11 Å². The Bertz CT molecular complexity index is 1740. The number of benzene rings is 3. The second kappa shape index (κ2) is 10.3. The number of ether oxygens (including phenoxy) is 2. The van der Waals surface area contributed by atoms with Crippen LogP contribution in [-0.4, -0.2) is 35.1 Å². The molecule has 2 aromatic heterocycles. The maximum atomic E-state index is 13.4. The van der Waals surface area contributed by atoms with Crippen LogP contribution in [0.5, 0.6) is 5.75 Å². The lowest BCUT2D eigenvalue weighted by atomic mass is 10.2. The molecule has 5 rings (SSSR count). The SMILES string of the molecule is COC(=O)[C@@H](C)Oc1ccc(C=Nn2c(-c3cc4cc(Cl)ccc4o3)nc3ccccc3c2=O)cc1I. The third kappa shape index (κ3) is 5.09. The van der Waals surface area contributed by atoms with E-state index < -0.39 is 12.1 Å². The van der Waals surface area contributed by atoms with Gasteiger partial charge in [0.15, 0.2) is 11.9 Å². The summed E-state index contributed by atoms with van der Waals surface area (Å²) in [6.45, 7) is 1.62. The molecule has 2 heterocycles. The van der Waals surface area contributed by atoms with Crippen molar-refractivity contribution in [3.05, 3.63) is 91.2 Å². The van der Waals surface area contributed by atoms with Crippen molar-refractivity contribution < 1.29 is 18.7 Å². The number of furan rings is 1. The van der Waals surface area contributed by atoms with Gasteiger partial charge < -0.3 is 13.9 Å². The summed E-state index contributed by atoms with van der Waals surface area (Å²) in [5.74, 6) is 0.702. The fraction of sp³-hybridized carbons (Fsp3) is 0.111. The molecule has 8 nitrogen and oxygen atoms in total. The molecule has 0 spiro atoms. The van der Waals surface area contributed by atoms with E-state index in [1.807, 2.05) is 12.1 Å². The zero-order chi connectivity index (χ0) is 26.1. The number of para-hydroxylation sites is 1. The minimum atomic E-state index is -0.749. The Balaban J connectivity index is 1.56. The molecule has 0 aliphatic carbocycles. The van der Waals surface area contributed by atoms with Gasteiger partial charge in [0.05, 0.1) is 27.8 Å². The molecule has 0 unspecified atom stereocenters. The van der Waals surface area contributed by atoms with Crippen LogP contribution in [0, 0.1) is 3.57 Å². The fourth-order valence-corrected chi connectivity index (χ4v) is 4.58. The number of nitrogens with zero attached hydrogens (tertiary/aromatic N) is 3. The highest BCUT2D eigenvalue weighted by molar-refractivity contribution is 14.1. The Hall–Kier alpha value is -3.70. The quantitative estimate of drug-likeness (QED) is 0.132. The second-order valence-electron chi connectivity index (χ2n) is 8.08. The van der Waals surface area contributed by atoms with Gasteiger partial charge in [0, 0.05) is 10.4 Å². The molecule has 0 amide bonds. The zero-order valence-corrected chi connectivity index (χ0v) is 22.6. The van der Waals surface area contributed by atoms with Gasteiger partial charge in [-0.1, -0.05) is 23.7 Å². The molecule has 5 aromatic rings. The van der Waals surface area contributed by atoms with E-state index in [1.165, 1.54) is 11.8 Å². The van der Waals surface area contributed by atoms with Crippen LogP contribution in [-0.2, 0) is 9.53 Å². The van der Waals surface area contributed by atoms with E-state index >= 15 is 0 Å². The van der Waals surface area contributed by atoms with Crippen LogP contribution in [0.15, 0.2) is 81.0 Å². The summed E-state index contributed by atoms with van der Waals surface area (Å²) in [7, 11) is 1.31. The van der Waals surface area contributed by atoms with Gasteiger partial charge in [0.2, 0.25) is 5.82 Å². The monoisotopic (exact) mass is 627 g/mol. The highest BCUT2D eigenvalue weighted by Gasteiger charge is 2.18. The summed E-state index contributed by atoms with van der Waals surface area (Å²) < 4.78 is 18.4. The molecule has 0 radical (unpaired) electrons. The molecule has 0 aliphatic heterocycles. The summed E-state index contributed by atoms with van der Waals surface area (Å²) in [4.78, 5) is 29.8. The highest BCUT2D eigenvalue weighted by Crippen LogP contribution is 2.29. The van der Waals surface area contributed by atoms with Crippen LogP contribution in [0.25, 0.3) is 33.5 Å². The van der Waals surface area contributed by atoms with Crippen molar-refractivity contribution in [3.8, 4) is 17.3 Å². The van der Waals surface area contributed by atoms with E-state index in [0.29, 0.717) is 38.6 Å². The number of hydrogen-bond donors (Lipinski definition) is 0. The van der Waals surface area contributed by atoms with Crippen LogP contribution in [0.2, 0.25) is 5.02 Å². The largest absolute Gasteiger partial charge is 0.478 e. The average molecular weight is 628 g/mol. The normalized spacial score (nSPS) is 12.3. The fourth-order valence-electron chi connectivity index (χ4n) is 3.74. The second-order valence-corrected chi connectivity index (χ2v) is 9.68. The van der Waals surface area contributed by atoms with Crippen LogP contribution in [0.1, 0.15) is 12.5 Å². The number of halogens is 2. The Morgan fingerprint density at radius 3 is 2.76 bits per heavy atom. The number of esters is 1. The molecule has 1 atom stereocenters. The molecule has 0 bridgehead atoms. The van der Waals surface area contributed by atoms with Crippen molar-refractivity contribution in [2.45, 2.75) is 13.0 Å². The Morgan fingerprint density at radius 2 is 1.97 bits per heavy atom. The van der Waals surface area contributed by atoms with Gasteiger partial charge in [0.25, 0.3) is 5.56 Å². The minimum absolute atomic E-state index is 0.258. The van der Waals surface area contributed by atoms with E-state index in [-0.39, 0.29) is 11.4 Å². The summed E-state index contributed by atoms with van der Waals surface area (Å²) in [6.07, 6.45) is 0.804. The molecule has 37 heavy (non-hydrogen) atoms. The van der Waals surface area contributed by atoms with E-state index in [4.69, 9.17) is 25.5 Å². The predicted molar refractivity (Wildman–Crippen MR) is 150 cm³/mol. The first-order chi connectivity index (χ1) is 17.8. The maximum absolute atomic E-state index is 13.4. The Morgan fingerprint density at radius 1 is 1.16 bits per heavy atom. The molecule has 0 fully saturated rings. The van der Waals surface area contributed by atoms with Crippen molar-refractivity contribution in [3.63, 3.8) is 0 Å². The Labute approximate surface area is 229 Å². The number of rotatable bonds is 6. The molecular weight excluding hydrogens is 609 g/mol. The summed E-state index contributed by atoms with van der Waals surface area (Å²) >= 11 is 8.24. The Kier molecular flexibility index (Phi) is 6.98. The first kappa shape index (κ1) is 25.0. The maximum Gasteiger partial charge on any atom is 0.346 e. The molecule has 0 N–H and O–H groups in total. The lowest BCUT2D eigenvalue weighted by Gasteiger charge is -2.14. The summed E-state index contributed by atoms with van der Waals surface area (Å²) in [5.41, 5.74) is 1.52. The molecular formula is C27H19ClIN3O5. The van der Waals surface area contributed by atoms with Gasteiger partial charge in [-0.2, -0.15) is 9.78 Å². The smallest absolute Gasteiger partial charge is 0.346 e. The van der Waals surface area contributed by atoms with Crippen molar-refractivity contribution in [1.82, 2.24) is 9.66 Å². The number of carbonyl (C=O) groups is 1. The average Bonchev–Trinajstić information content (AvgIpc) is 3.32. The van der Waals surface area contributed by atoms with Crippen LogP contribution in [0.4, 0.5) is 0 Å². The summed E-state index contributed by atoms with van der Waals surface area (Å²) in [6, 6.07) is 19.5. The van der Waals surface area contributed by atoms with Crippen molar-refractivity contribution in [2.24, 2.45) is 5.10 Å². The molecule has 10 heteroatoms. The van der Waals surface area contributed by atoms with E-state index in [9.17, 15) is 9.59 Å². The first-order valence-electron chi connectivity index (χ1n) is 11.1. The number of aromatic nitrogens is 2. The van der Waals surface area contributed by atoms with Gasteiger partial charge in [-0.3, -0.25) is 4.79 Å². The molecule has 186 valence electrons. The highest BCUT2D eigenvalue weighted by atomic mass is 127. The number of carbonyl (C=O) groups excluding carboxylic acids is 1. The van der Waals surface area contributed by atoms with Gasteiger partial charge in [-0.05, 0) is 89.7 Å². The third-order valence-corrected chi connectivity index (χ3v) is 6.65. The number of fused-ring (bicyclic) bond motifs is 2. The van der Waals surface area contributed by atoms with E-state index in [1.54, 1.807) is 67.7 Å². The van der Waals surface area contributed by atoms with E-state index in [0.717, 1.165) is 8.96 Å². The zero-order valence-electron chi connectivity index (χ0n) is 19.6. The molecule has 0 saturated heterocycles. The summed E-state index contributed by atoms with van der Waals surface area (Å²) in [5, 5.41) is 6.26. The lowest BCUT2D eigenvalue weighted by molar-refractivity contribution is -0.147. The topological polar surface area (TPSA) is 95.9 Å². The third-order valence-electron chi connectivity index (χ3n) is 5.57. The first-order valence-corrected chi connectivity index (χ1v) is 12.6. The molecule has 3 aromatic carbocycles. The predicted octanol–water partition coefficient (Wildman–Crippen LogP) is 5.89. The van der Waals surface area contributed by atoms with Gasteiger partial charge in [-0.15, -0.1) is 0 Å². The van der Waals surface area contributed by atoms with Crippen LogP contribution in [0.3, 0.4) is 0 Å².